The maximum Gasteiger partial charge on any atom is 0.229 e. The van der Waals surface area contributed by atoms with E-state index in [-0.39, 0.29) is 0 Å². The second-order valence-electron chi connectivity index (χ2n) is 5.84. The number of anilines is 2. The van der Waals surface area contributed by atoms with Crippen molar-refractivity contribution in [2.45, 2.75) is 19.1 Å². The number of aliphatic hydroxyl groups excluding tert-OH is 1. The minimum Gasteiger partial charge on any atom is -0.388 e. The van der Waals surface area contributed by atoms with Gasteiger partial charge in [0.25, 0.3) is 0 Å². The third-order valence-electron chi connectivity index (χ3n) is 4.34. The molecular formula is C16H18N6O. The van der Waals surface area contributed by atoms with Crippen LogP contribution in [0, 0.1) is 0 Å². The van der Waals surface area contributed by atoms with Gasteiger partial charge < -0.3 is 15.7 Å². The molecule has 2 aromatic heterocycles. The maximum atomic E-state index is 10.3. The van der Waals surface area contributed by atoms with E-state index in [0.717, 1.165) is 16.5 Å². The number of aromatic nitrogens is 4. The number of aryl methyl sites for hydroxylation is 1. The highest BCUT2D eigenvalue weighted by Gasteiger charge is 2.23. The Hall–Kier alpha value is -2.67. The highest BCUT2D eigenvalue weighted by atomic mass is 16.3. The lowest BCUT2D eigenvalue weighted by atomic mass is 10.0. The molecule has 7 nitrogen and oxygen atoms in total. The van der Waals surface area contributed by atoms with Crippen molar-refractivity contribution in [3.05, 3.63) is 41.6 Å². The first kappa shape index (κ1) is 14.0. The van der Waals surface area contributed by atoms with Gasteiger partial charge in [-0.05, 0) is 17.5 Å². The third kappa shape index (κ3) is 2.29. The summed E-state index contributed by atoms with van der Waals surface area (Å²) in [5.41, 5.74) is 8.84. The van der Waals surface area contributed by atoms with Gasteiger partial charge >= 0.3 is 0 Å². The van der Waals surface area contributed by atoms with E-state index in [1.807, 2.05) is 31.3 Å². The fourth-order valence-corrected chi connectivity index (χ4v) is 3.07. The molecule has 0 fully saturated rings. The molecular weight excluding hydrogens is 292 g/mol. The zero-order valence-corrected chi connectivity index (χ0v) is 12.8. The van der Waals surface area contributed by atoms with Crippen molar-refractivity contribution in [3.8, 4) is 0 Å². The van der Waals surface area contributed by atoms with Crippen LogP contribution in [0.4, 0.5) is 11.8 Å². The normalized spacial score (nSPS) is 18.0. The highest BCUT2D eigenvalue weighted by Crippen LogP contribution is 2.29. The number of nitrogens with two attached hydrogens (primary N) is 1. The summed E-state index contributed by atoms with van der Waals surface area (Å²) in [7, 11) is 1.83. The van der Waals surface area contributed by atoms with Crippen LogP contribution in [0.5, 0.6) is 0 Å². The minimum atomic E-state index is -0.464. The van der Waals surface area contributed by atoms with Gasteiger partial charge in [0.05, 0.1) is 17.7 Å². The lowest BCUT2D eigenvalue weighted by Crippen LogP contribution is -2.25. The van der Waals surface area contributed by atoms with Crippen molar-refractivity contribution in [3.63, 3.8) is 0 Å². The standard InChI is InChI=1S/C16H18N6O/c1-21-15-12(8-18-21)14(17)19-16(20-15)22-7-6-13(23)11-5-3-2-4-10(11)9-22/h2-5,8,13,23H,6-7,9H2,1H3,(H2,17,19,20). The zero-order valence-electron chi connectivity index (χ0n) is 12.8. The van der Waals surface area contributed by atoms with E-state index in [4.69, 9.17) is 5.73 Å². The Balaban J connectivity index is 1.78. The average molecular weight is 310 g/mol. The predicted octanol–water partition coefficient (Wildman–Crippen LogP) is 1.39. The summed E-state index contributed by atoms with van der Waals surface area (Å²) in [4.78, 5) is 11.1. The van der Waals surface area contributed by atoms with Crippen molar-refractivity contribution < 1.29 is 5.11 Å². The average Bonchev–Trinajstić information content (AvgIpc) is 2.84. The van der Waals surface area contributed by atoms with E-state index in [0.29, 0.717) is 36.9 Å². The Labute approximate surface area is 133 Å². The van der Waals surface area contributed by atoms with Crippen LogP contribution >= 0.6 is 0 Å². The molecule has 0 saturated heterocycles. The molecule has 0 spiro atoms. The van der Waals surface area contributed by atoms with E-state index >= 15 is 0 Å². The number of fused-ring (bicyclic) bond motifs is 2. The first-order valence-electron chi connectivity index (χ1n) is 7.59. The van der Waals surface area contributed by atoms with Gasteiger partial charge in [0.1, 0.15) is 5.82 Å². The molecule has 1 unspecified atom stereocenters. The Kier molecular flexibility index (Phi) is 3.16. The molecule has 3 heterocycles. The molecule has 118 valence electrons. The van der Waals surface area contributed by atoms with Gasteiger partial charge in [0.15, 0.2) is 5.65 Å². The predicted molar refractivity (Wildman–Crippen MR) is 87.8 cm³/mol. The summed E-state index contributed by atoms with van der Waals surface area (Å²) in [5, 5.41) is 15.3. The Morgan fingerprint density at radius 2 is 2.09 bits per heavy atom. The van der Waals surface area contributed by atoms with Crippen LogP contribution in [0.1, 0.15) is 23.7 Å². The Morgan fingerprint density at radius 1 is 1.26 bits per heavy atom. The van der Waals surface area contributed by atoms with Crippen molar-refractivity contribution >= 4 is 22.8 Å². The quantitative estimate of drug-likeness (QED) is 0.705. The van der Waals surface area contributed by atoms with Crippen molar-refractivity contribution in [1.29, 1.82) is 0 Å². The van der Waals surface area contributed by atoms with Crippen molar-refractivity contribution in [1.82, 2.24) is 19.7 Å². The molecule has 1 aromatic carbocycles. The number of hydrogen-bond donors (Lipinski definition) is 2. The fourth-order valence-electron chi connectivity index (χ4n) is 3.07. The third-order valence-corrected chi connectivity index (χ3v) is 4.34. The molecule has 0 radical (unpaired) electrons. The molecule has 3 N–H and O–H groups in total. The molecule has 3 aromatic rings. The van der Waals surface area contributed by atoms with Crippen molar-refractivity contribution in [2.75, 3.05) is 17.2 Å². The first-order valence-corrected chi connectivity index (χ1v) is 7.59. The number of rotatable bonds is 1. The topological polar surface area (TPSA) is 93.1 Å². The largest absolute Gasteiger partial charge is 0.388 e. The summed E-state index contributed by atoms with van der Waals surface area (Å²) in [6.07, 6.45) is 1.84. The Morgan fingerprint density at radius 3 is 2.96 bits per heavy atom. The van der Waals surface area contributed by atoms with Gasteiger partial charge in [0.2, 0.25) is 5.95 Å². The molecule has 0 bridgehead atoms. The molecule has 0 saturated carbocycles. The number of nitrogen functional groups attached to an aromatic ring is 1. The molecule has 1 atom stereocenters. The molecule has 1 aliphatic rings. The van der Waals surface area contributed by atoms with E-state index < -0.39 is 6.10 Å². The van der Waals surface area contributed by atoms with Crippen LogP contribution in [0.3, 0.4) is 0 Å². The second-order valence-corrected chi connectivity index (χ2v) is 5.84. The van der Waals surface area contributed by atoms with E-state index in [2.05, 4.69) is 20.0 Å². The first-order chi connectivity index (χ1) is 11.1. The van der Waals surface area contributed by atoms with Gasteiger partial charge in [-0.25, -0.2) is 0 Å². The molecule has 1 aliphatic heterocycles. The minimum absolute atomic E-state index is 0.427. The summed E-state index contributed by atoms with van der Waals surface area (Å²) < 4.78 is 1.69. The SMILES string of the molecule is Cn1ncc2c(N)nc(N3CCC(O)c4ccccc4C3)nc21. The van der Waals surface area contributed by atoms with Crippen LogP contribution in [-0.2, 0) is 13.6 Å². The lowest BCUT2D eigenvalue weighted by Gasteiger charge is -2.21. The molecule has 23 heavy (non-hydrogen) atoms. The van der Waals surface area contributed by atoms with Crippen molar-refractivity contribution in [2.24, 2.45) is 7.05 Å². The van der Waals surface area contributed by atoms with Gasteiger partial charge in [-0.3, -0.25) is 4.68 Å². The molecule has 7 heteroatoms. The molecule has 0 amide bonds. The number of nitrogens with zero attached hydrogens (tertiary/aromatic N) is 5. The maximum absolute atomic E-state index is 10.3. The van der Waals surface area contributed by atoms with E-state index in [9.17, 15) is 5.11 Å². The lowest BCUT2D eigenvalue weighted by molar-refractivity contribution is 0.171. The van der Waals surface area contributed by atoms with Crippen LogP contribution < -0.4 is 10.6 Å². The zero-order chi connectivity index (χ0) is 16.0. The van der Waals surface area contributed by atoms with Gasteiger partial charge in [-0.15, -0.1) is 0 Å². The second kappa shape index (κ2) is 5.20. The van der Waals surface area contributed by atoms with Gasteiger partial charge in [-0.1, -0.05) is 24.3 Å². The fraction of sp³-hybridized carbons (Fsp3) is 0.312. The van der Waals surface area contributed by atoms with E-state index in [1.165, 1.54) is 0 Å². The van der Waals surface area contributed by atoms with Crippen LogP contribution in [0.25, 0.3) is 11.0 Å². The summed E-state index contributed by atoms with van der Waals surface area (Å²) in [5.74, 6) is 0.999. The summed E-state index contributed by atoms with van der Waals surface area (Å²) >= 11 is 0. The molecule has 0 aliphatic carbocycles. The van der Waals surface area contributed by atoms with E-state index in [1.54, 1.807) is 10.9 Å². The monoisotopic (exact) mass is 310 g/mol. The molecule has 4 rings (SSSR count). The number of aliphatic hydroxyl groups is 1. The van der Waals surface area contributed by atoms with Crippen LogP contribution in [-0.4, -0.2) is 31.4 Å². The number of benzene rings is 1. The summed E-state index contributed by atoms with van der Waals surface area (Å²) in [6.45, 7) is 1.31. The van der Waals surface area contributed by atoms with Gasteiger partial charge in [-0.2, -0.15) is 15.1 Å². The smallest absolute Gasteiger partial charge is 0.229 e. The van der Waals surface area contributed by atoms with Crippen LogP contribution in [0.2, 0.25) is 0 Å². The van der Waals surface area contributed by atoms with Crippen LogP contribution in [0.15, 0.2) is 30.5 Å². The number of hydrogen-bond acceptors (Lipinski definition) is 6. The Bertz CT molecular complexity index is 874. The summed E-state index contributed by atoms with van der Waals surface area (Å²) in [6, 6.07) is 7.94. The van der Waals surface area contributed by atoms with Gasteiger partial charge in [0, 0.05) is 20.1 Å². The highest BCUT2D eigenvalue weighted by molar-refractivity contribution is 5.86.